The summed E-state index contributed by atoms with van der Waals surface area (Å²) in [7, 11) is 0. The molecule has 0 bridgehead atoms. The van der Waals surface area contributed by atoms with Crippen LogP contribution < -0.4 is 5.73 Å². The van der Waals surface area contributed by atoms with Gasteiger partial charge >= 0.3 is 0 Å². The Morgan fingerprint density at radius 3 is 2.67 bits per heavy atom. The van der Waals surface area contributed by atoms with Gasteiger partial charge in [-0.15, -0.1) is 0 Å². The summed E-state index contributed by atoms with van der Waals surface area (Å²) in [4.78, 5) is 12.1. The van der Waals surface area contributed by atoms with E-state index < -0.39 is 17.5 Å². The third-order valence-corrected chi connectivity index (χ3v) is 5.55. The Morgan fingerprint density at radius 1 is 1.10 bits per heavy atom. The smallest absolute Gasteiger partial charge is 0.249 e. The van der Waals surface area contributed by atoms with Crippen molar-refractivity contribution < 1.29 is 13.6 Å². The van der Waals surface area contributed by atoms with E-state index in [1.54, 1.807) is 18.2 Å². The number of nitrogens with zero attached hydrogens (tertiary/aromatic N) is 1. The summed E-state index contributed by atoms with van der Waals surface area (Å²) in [6.45, 7) is 2.30. The molecule has 0 saturated heterocycles. The van der Waals surface area contributed by atoms with E-state index in [2.05, 4.69) is 19.1 Å². The van der Waals surface area contributed by atoms with Crippen molar-refractivity contribution in [1.82, 2.24) is 4.57 Å². The Morgan fingerprint density at radius 2 is 1.90 bits per heavy atom. The molecule has 0 spiro atoms. The van der Waals surface area contributed by atoms with Crippen LogP contribution in [0.4, 0.5) is 8.78 Å². The second-order valence-corrected chi connectivity index (χ2v) is 7.59. The van der Waals surface area contributed by atoms with Crippen molar-refractivity contribution >= 4 is 27.7 Å². The van der Waals surface area contributed by atoms with E-state index in [1.807, 2.05) is 16.7 Å². The van der Waals surface area contributed by atoms with E-state index in [0.717, 1.165) is 53.7 Å². The van der Waals surface area contributed by atoms with Crippen LogP contribution in [0.3, 0.4) is 0 Å². The largest absolute Gasteiger partial charge is 0.366 e. The average Bonchev–Trinajstić information content (AvgIpc) is 3.04. The molecule has 153 valence electrons. The van der Waals surface area contributed by atoms with Crippen molar-refractivity contribution in [2.45, 2.75) is 39.2 Å². The molecule has 5 heteroatoms. The van der Waals surface area contributed by atoms with Gasteiger partial charge in [-0.05, 0) is 48.7 Å². The second kappa shape index (κ2) is 8.27. The molecule has 3 nitrogen and oxygen atoms in total. The van der Waals surface area contributed by atoms with Crippen molar-refractivity contribution in [2.75, 3.05) is 0 Å². The van der Waals surface area contributed by atoms with Crippen molar-refractivity contribution in [3.8, 4) is 0 Å². The molecule has 0 aliphatic heterocycles. The van der Waals surface area contributed by atoms with Gasteiger partial charge < -0.3 is 10.3 Å². The van der Waals surface area contributed by atoms with Crippen LogP contribution >= 0.6 is 0 Å². The highest BCUT2D eigenvalue weighted by Gasteiger charge is 2.18. The fourth-order valence-electron chi connectivity index (χ4n) is 4.04. The summed E-state index contributed by atoms with van der Waals surface area (Å²) >= 11 is 0. The van der Waals surface area contributed by atoms with E-state index in [-0.39, 0.29) is 12.1 Å². The maximum atomic E-state index is 14.4. The van der Waals surface area contributed by atoms with Gasteiger partial charge in [-0.3, -0.25) is 4.79 Å². The fraction of sp³-hybridized carbons (Fsp3) is 0.240. The first-order valence-electron chi connectivity index (χ1n) is 10.2. The number of rotatable bonds is 7. The van der Waals surface area contributed by atoms with Crippen LogP contribution in [-0.2, 0) is 13.0 Å². The Balaban J connectivity index is 1.94. The first-order chi connectivity index (χ1) is 14.5. The van der Waals surface area contributed by atoms with Crippen LogP contribution in [0.2, 0.25) is 0 Å². The van der Waals surface area contributed by atoms with Gasteiger partial charge in [0, 0.05) is 21.9 Å². The maximum Gasteiger partial charge on any atom is 0.249 e. The highest BCUT2D eigenvalue weighted by Crippen LogP contribution is 2.33. The zero-order valence-corrected chi connectivity index (χ0v) is 16.8. The number of aromatic nitrogens is 1. The molecular formula is C25H23F2N2O. The average molecular weight is 405 g/mol. The molecule has 1 aromatic heterocycles. The van der Waals surface area contributed by atoms with E-state index in [1.165, 1.54) is 6.07 Å². The molecule has 0 aliphatic carbocycles. The molecule has 1 radical (unpaired) electrons. The number of nitrogens with two attached hydrogens (primary N) is 1. The minimum absolute atomic E-state index is 0.137. The summed E-state index contributed by atoms with van der Waals surface area (Å²) in [5.41, 5.74) is 8.95. The summed E-state index contributed by atoms with van der Waals surface area (Å²) < 4.78 is 30.1. The van der Waals surface area contributed by atoms with E-state index in [9.17, 15) is 13.6 Å². The maximum absolute atomic E-state index is 14.4. The van der Waals surface area contributed by atoms with Gasteiger partial charge in [-0.25, -0.2) is 8.78 Å². The fourth-order valence-corrected chi connectivity index (χ4v) is 4.04. The van der Waals surface area contributed by atoms with Crippen LogP contribution in [0.1, 0.15) is 47.7 Å². The van der Waals surface area contributed by atoms with Crippen molar-refractivity contribution in [3.63, 3.8) is 0 Å². The molecule has 0 atom stereocenters. The topological polar surface area (TPSA) is 48.0 Å². The monoisotopic (exact) mass is 405 g/mol. The molecule has 30 heavy (non-hydrogen) atoms. The van der Waals surface area contributed by atoms with Crippen LogP contribution in [0, 0.1) is 17.7 Å². The summed E-state index contributed by atoms with van der Waals surface area (Å²) in [5, 5.41) is 1.45. The molecule has 0 aliphatic rings. The molecular weight excluding hydrogens is 382 g/mol. The molecule has 3 aromatic carbocycles. The van der Waals surface area contributed by atoms with E-state index >= 15 is 0 Å². The summed E-state index contributed by atoms with van der Waals surface area (Å²) in [5.74, 6) is -2.27. The Kier molecular flexibility index (Phi) is 5.53. The van der Waals surface area contributed by atoms with Crippen LogP contribution in [-0.4, -0.2) is 10.5 Å². The molecule has 0 unspecified atom stereocenters. The van der Waals surface area contributed by atoms with Gasteiger partial charge in [0.25, 0.3) is 0 Å². The first-order valence-corrected chi connectivity index (χ1v) is 10.2. The number of aryl methyl sites for hydroxylation is 1. The lowest BCUT2D eigenvalue weighted by atomic mass is 10.0. The lowest BCUT2D eigenvalue weighted by Crippen LogP contribution is -2.11. The van der Waals surface area contributed by atoms with Crippen LogP contribution in [0.15, 0.2) is 48.5 Å². The van der Waals surface area contributed by atoms with E-state index in [0.29, 0.717) is 10.9 Å². The van der Waals surface area contributed by atoms with Crippen LogP contribution in [0.25, 0.3) is 21.8 Å². The third kappa shape index (κ3) is 3.56. The van der Waals surface area contributed by atoms with E-state index in [4.69, 9.17) is 5.73 Å². The quantitative estimate of drug-likeness (QED) is 0.391. The number of fused-ring (bicyclic) bond motifs is 3. The normalized spacial score (nSPS) is 11.4. The summed E-state index contributed by atoms with van der Waals surface area (Å²) in [6.07, 6.45) is 4.26. The number of amides is 1. The standard InChI is InChI=1S/C25H23F2N2O/c1-2-3-4-7-16-12-13-18-22(14-16)29(15-17-8-5-10-20(26)24(17)27)21-11-6-9-19(23(18)21)25(28)30/h5-6,8-12,14H,2-4,7,15H2,1H3,(H2,28,30). The number of carbonyl (C=O) groups is 1. The number of halogens is 2. The van der Waals surface area contributed by atoms with Gasteiger partial charge in [-0.2, -0.15) is 0 Å². The highest BCUT2D eigenvalue weighted by molar-refractivity contribution is 6.17. The molecule has 1 amide bonds. The van der Waals surface area contributed by atoms with Gasteiger partial charge in [0.05, 0.1) is 17.6 Å². The number of benzene rings is 3. The predicted molar refractivity (Wildman–Crippen MR) is 115 cm³/mol. The number of unbranched alkanes of at least 4 members (excludes halogenated alkanes) is 2. The number of hydrogen-bond donors (Lipinski definition) is 1. The van der Waals surface area contributed by atoms with Gasteiger partial charge in [0.1, 0.15) is 0 Å². The van der Waals surface area contributed by atoms with Gasteiger partial charge in [0.15, 0.2) is 11.6 Å². The minimum atomic E-state index is -0.877. The molecule has 0 saturated carbocycles. The second-order valence-electron chi connectivity index (χ2n) is 7.59. The zero-order valence-electron chi connectivity index (χ0n) is 16.8. The Labute approximate surface area is 174 Å². The van der Waals surface area contributed by atoms with Crippen molar-refractivity contribution in [1.29, 1.82) is 0 Å². The molecule has 4 rings (SSSR count). The Bertz CT molecular complexity index is 1240. The Hall–Kier alpha value is -3.21. The zero-order chi connectivity index (χ0) is 21.3. The molecule has 4 aromatic rings. The number of primary amides is 1. The van der Waals surface area contributed by atoms with Crippen LogP contribution in [0.5, 0.6) is 0 Å². The third-order valence-electron chi connectivity index (χ3n) is 5.55. The van der Waals surface area contributed by atoms with Crippen molar-refractivity contribution in [3.05, 3.63) is 82.9 Å². The summed E-state index contributed by atoms with van der Waals surface area (Å²) in [6, 6.07) is 16.8. The molecule has 2 N–H and O–H groups in total. The van der Waals surface area contributed by atoms with Crippen molar-refractivity contribution in [2.24, 2.45) is 5.73 Å². The molecule has 0 fully saturated rings. The SMILES string of the molecule is CCCCCc1c[c]c2c3c(C(N)=O)cccc3n(Cc3cccc(F)c3F)c2c1. The predicted octanol–water partition coefficient (Wildman–Crippen LogP) is 5.75. The lowest BCUT2D eigenvalue weighted by Gasteiger charge is -2.10. The number of hydrogen-bond acceptors (Lipinski definition) is 1. The lowest BCUT2D eigenvalue weighted by molar-refractivity contribution is 0.100. The van der Waals surface area contributed by atoms with Gasteiger partial charge in [-0.1, -0.05) is 44.0 Å². The number of carbonyl (C=O) groups excluding carboxylic acids is 1. The highest BCUT2D eigenvalue weighted by atomic mass is 19.2. The van der Waals surface area contributed by atoms with Gasteiger partial charge in [0.2, 0.25) is 5.91 Å². The minimum Gasteiger partial charge on any atom is -0.366 e. The first kappa shape index (κ1) is 20.1. The molecule has 1 heterocycles.